The predicted octanol–water partition coefficient (Wildman–Crippen LogP) is 3.35. The normalized spacial score (nSPS) is 16.3. The Morgan fingerprint density at radius 3 is 3.00 bits per heavy atom. The van der Waals surface area contributed by atoms with Gasteiger partial charge >= 0.3 is 0 Å². The Morgan fingerprint density at radius 1 is 1.30 bits per heavy atom. The zero-order valence-electron chi connectivity index (χ0n) is 13.1. The standard InChI is InChI=1S/C17H20N4OS/c1-2-15(22)14-10-12-11-20(8-5-9-21(12)19-14)17-18-13-6-3-4-7-16(13)23-17/h3-4,6-7,10,15,22H,2,5,8-9,11H2,1H3/t15-/m1/s1. The van der Waals surface area contributed by atoms with Gasteiger partial charge in [0.15, 0.2) is 5.13 Å². The van der Waals surface area contributed by atoms with Crippen molar-refractivity contribution in [1.82, 2.24) is 14.8 Å². The molecular weight excluding hydrogens is 308 g/mol. The summed E-state index contributed by atoms with van der Waals surface area (Å²) in [5.74, 6) is 0. The van der Waals surface area contributed by atoms with Crippen molar-refractivity contribution in [1.29, 1.82) is 0 Å². The third kappa shape index (κ3) is 2.72. The van der Waals surface area contributed by atoms with E-state index in [9.17, 15) is 5.11 Å². The van der Waals surface area contributed by atoms with Crippen LogP contribution in [0.3, 0.4) is 0 Å². The van der Waals surface area contributed by atoms with Gasteiger partial charge in [-0.3, -0.25) is 4.68 Å². The highest BCUT2D eigenvalue weighted by atomic mass is 32.1. The molecule has 5 nitrogen and oxygen atoms in total. The van der Waals surface area contributed by atoms with Gasteiger partial charge in [0.2, 0.25) is 0 Å². The van der Waals surface area contributed by atoms with Crippen molar-refractivity contribution in [2.24, 2.45) is 0 Å². The van der Waals surface area contributed by atoms with Crippen LogP contribution in [0.2, 0.25) is 0 Å². The van der Waals surface area contributed by atoms with Crippen LogP contribution in [-0.4, -0.2) is 26.4 Å². The summed E-state index contributed by atoms with van der Waals surface area (Å²) in [6.07, 6.45) is 1.26. The van der Waals surface area contributed by atoms with E-state index in [0.717, 1.165) is 48.1 Å². The molecule has 3 heterocycles. The molecule has 0 saturated heterocycles. The number of hydrogen-bond donors (Lipinski definition) is 1. The molecule has 1 aliphatic rings. The van der Waals surface area contributed by atoms with Crippen LogP contribution >= 0.6 is 11.3 Å². The Hall–Kier alpha value is -1.92. The SMILES string of the molecule is CC[C@@H](O)c1cc2n(n1)CCCN(c1nc3ccccc3s1)C2. The molecule has 4 rings (SSSR count). The van der Waals surface area contributed by atoms with Crippen molar-refractivity contribution in [3.63, 3.8) is 0 Å². The summed E-state index contributed by atoms with van der Waals surface area (Å²) in [6, 6.07) is 10.3. The minimum Gasteiger partial charge on any atom is -0.387 e. The van der Waals surface area contributed by atoms with E-state index in [1.807, 2.05) is 23.7 Å². The van der Waals surface area contributed by atoms with E-state index in [0.29, 0.717) is 6.42 Å². The van der Waals surface area contributed by atoms with Crippen LogP contribution in [0.15, 0.2) is 30.3 Å². The molecule has 1 aliphatic heterocycles. The Bertz CT molecular complexity index is 792. The maximum Gasteiger partial charge on any atom is 0.186 e. The number of rotatable bonds is 3. The maximum absolute atomic E-state index is 10.0. The molecule has 120 valence electrons. The number of aromatic nitrogens is 3. The number of aliphatic hydroxyl groups excluding tert-OH is 1. The minimum atomic E-state index is -0.467. The first-order chi connectivity index (χ1) is 11.2. The molecule has 0 fully saturated rings. The Balaban J connectivity index is 1.64. The lowest BCUT2D eigenvalue weighted by atomic mass is 10.2. The summed E-state index contributed by atoms with van der Waals surface area (Å²) in [5.41, 5.74) is 3.00. The third-order valence-electron chi connectivity index (χ3n) is 4.31. The summed E-state index contributed by atoms with van der Waals surface area (Å²) < 4.78 is 3.27. The fourth-order valence-corrected chi connectivity index (χ4v) is 4.01. The van der Waals surface area contributed by atoms with Gasteiger partial charge in [0.05, 0.1) is 34.3 Å². The first kappa shape index (κ1) is 14.7. The van der Waals surface area contributed by atoms with E-state index < -0.39 is 6.10 Å². The van der Waals surface area contributed by atoms with Crippen molar-refractivity contribution in [3.05, 3.63) is 41.7 Å². The highest BCUT2D eigenvalue weighted by Crippen LogP contribution is 2.31. The average molecular weight is 328 g/mol. The third-order valence-corrected chi connectivity index (χ3v) is 5.41. The quantitative estimate of drug-likeness (QED) is 0.801. The van der Waals surface area contributed by atoms with E-state index >= 15 is 0 Å². The monoisotopic (exact) mass is 328 g/mol. The highest BCUT2D eigenvalue weighted by Gasteiger charge is 2.21. The zero-order chi connectivity index (χ0) is 15.8. The Kier molecular flexibility index (Phi) is 3.79. The fourth-order valence-electron chi connectivity index (χ4n) is 3.02. The Labute approximate surface area is 139 Å². The molecule has 0 saturated carbocycles. The molecule has 0 amide bonds. The average Bonchev–Trinajstić information content (AvgIpc) is 3.13. The summed E-state index contributed by atoms with van der Waals surface area (Å²) in [4.78, 5) is 7.10. The van der Waals surface area contributed by atoms with Gasteiger partial charge in [0.25, 0.3) is 0 Å². The lowest BCUT2D eigenvalue weighted by Gasteiger charge is -2.18. The molecule has 1 aromatic carbocycles. The second-order valence-electron chi connectivity index (χ2n) is 5.95. The van der Waals surface area contributed by atoms with Crippen LogP contribution in [0.1, 0.15) is 37.3 Å². The number of nitrogens with zero attached hydrogens (tertiary/aromatic N) is 4. The molecular formula is C17H20N4OS. The summed E-state index contributed by atoms with van der Waals surface area (Å²) in [6.45, 7) is 4.65. The van der Waals surface area contributed by atoms with Gasteiger partial charge in [-0.2, -0.15) is 5.10 Å². The van der Waals surface area contributed by atoms with Crippen molar-refractivity contribution in [2.75, 3.05) is 11.4 Å². The van der Waals surface area contributed by atoms with Crippen LogP contribution in [0.4, 0.5) is 5.13 Å². The number of aryl methyl sites for hydroxylation is 1. The van der Waals surface area contributed by atoms with Crippen molar-refractivity contribution in [3.8, 4) is 0 Å². The highest BCUT2D eigenvalue weighted by molar-refractivity contribution is 7.22. The molecule has 23 heavy (non-hydrogen) atoms. The minimum absolute atomic E-state index is 0.467. The number of hydrogen-bond acceptors (Lipinski definition) is 5. The number of thiazole rings is 1. The number of anilines is 1. The van der Waals surface area contributed by atoms with Crippen LogP contribution in [0.5, 0.6) is 0 Å². The van der Waals surface area contributed by atoms with Gasteiger partial charge < -0.3 is 10.0 Å². The van der Waals surface area contributed by atoms with Gasteiger partial charge in [-0.1, -0.05) is 30.4 Å². The molecule has 1 atom stereocenters. The molecule has 0 unspecified atom stereocenters. The number of aliphatic hydroxyl groups is 1. The molecule has 2 aromatic heterocycles. The lowest BCUT2D eigenvalue weighted by molar-refractivity contribution is 0.168. The van der Waals surface area contributed by atoms with Crippen LogP contribution in [0.25, 0.3) is 10.2 Å². The van der Waals surface area contributed by atoms with E-state index in [-0.39, 0.29) is 0 Å². The second-order valence-corrected chi connectivity index (χ2v) is 6.96. The summed E-state index contributed by atoms with van der Waals surface area (Å²) in [7, 11) is 0. The topological polar surface area (TPSA) is 54.2 Å². The van der Waals surface area contributed by atoms with Gasteiger partial charge in [-0.15, -0.1) is 0 Å². The maximum atomic E-state index is 10.0. The molecule has 1 N–H and O–H groups in total. The van der Waals surface area contributed by atoms with Crippen LogP contribution in [-0.2, 0) is 13.1 Å². The fraction of sp³-hybridized carbons (Fsp3) is 0.412. The molecule has 0 spiro atoms. The van der Waals surface area contributed by atoms with E-state index in [1.54, 1.807) is 11.3 Å². The molecule has 0 aliphatic carbocycles. The number of benzene rings is 1. The van der Waals surface area contributed by atoms with Gasteiger partial charge in [0, 0.05) is 13.1 Å². The van der Waals surface area contributed by atoms with Crippen molar-refractivity contribution in [2.45, 2.75) is 39.0 Å². The Morgan fingerprint density at radius 2 is 2.17 bits per heavy atom. The van der Waals surface area contributed by atoms with E-state index in [4.69, 9.17) is 4.98 Å². The van der Waals surface area contributed by atoms with Gasteiger partial charge in [-0.05, 0) is 31.0 Å². The smallest absolute Gasteiger partial charge is 0.186 e. The summed E-state index contributed by atoms with van der Waals surface area (Å²) in [5, 5.41) is 15.7. The van der Waals surface area contributed by atoms with Crippen molar-refractivity contribution >= 4 is 26.7 Å². The van der Waals surface area contributed by atoms with E-state index in [2.05, 4.69) is 28.2 Å². The predicted molar refractivity (Wildman–Crippen MR) is 92.8 cm³/mol. The summed E-state index contributed by atoms with van der Waals surface area (Å²) >= 11 is 1.74. The molecule has 3 aromatic rings. The first-order valence-electron chi connectivity index (χ1n) is 8.10. The van der Waals surface area contributed by atoms with Crippen LogP contribution in [0, 0.1) is 0 Å². The van der Waals surface area contributed by atoms with Crippen LogP contribution < -0.4 is 4.90 Å². The first-order valence-corrected chi connectivity index (χ1v) is 8.91. The molecule has 0 radical (unpaired) electrons. The number of fused-ring (bicyclic) bond motifs is 2. The second kappa shape index (κ2) is 5.94. The zero-order valence-corrected chi connectivity index (χ0v) is 14.0. The molecule has 6 heteroatoms. The van der Waals surface area contributed by atoms with E-state index in [1.165, 1.54) is 4.70 Å². The van der Waals surface area contributed by atoms with Gasteiger partial charge in [0.1, 0.15) is 0 Å². The van der Waals surface area contributed by atoms with Gasteiger partial charge in [-0.25, -0.2) is 4.98 Å². The number of para-hydroxylation sites is 1. The lowest BCUT2D eigenvalue weighted by Crippen LogP contribution is -2.22. The molecule has 0 bridgehead atoms. The van der Waals surface area contributed by atoms with Crippen molar-refractivity contribution < 1.29 is 5.11 Å². The largest absolute Gasteiger partial charge is 0.387 e.